The molecule has 1 unspecified atom stereocenters. The van der Waals surface area contributed by atoms with E-state index in [0.717, 1.165) is 6.26 Å². The normalized spacial score (nSPS) is 16.5. The predicted molar refractivity (Wildman–Crippen MR) is 130 cm³/mol. The van der Waals surface area contributed by atoms with Crippen LogP contribution in [0.3, 0.4) is 0 Å². The SMILES string of the molecule is CCON1C=C(OC)C=CC1[C@@H](CS(C)(=O)=O)Nc1ncc(-c2ccccc2F)c(C)c1[N+](=O)[O-]. The van der Waals surface area contributed by atoms with E-state index in [-0.39, 0.29) is 40.6 Å². The Balaban J connectivity index is 2.07. The predicted octanol–water partition coefficient (Wildman–Crippen LogP) is 3.61. The Morgan fingerprint density at radius 2 is 2.03 bits per heavy atom. The smallest absolute Gasteiger partial charge is 0.314 e. The number of hydroxylamine groups is 2. The zero-order chi connectivity index (χ0) is 25.8. The van der Waals surface area contributed by atoms with E-state index < -0.39 is 32.7 Å². The maximum atomic E-state index is 14.4. The van der Waals surface area contributed by atoms with Crippen molar-refractivity contribution in [2.24, 2.45) is 0 Å². The molecule has 0 saturated carbocycles. The number of pyridine rings is 1. The lowest BCUT2D eigenvalue weighted by atomic mass is 10.0. The van der Waals surface area contributed by atoms with E-state index in [0.29, 0.717) is 5.76 Å². The molecular formula is C23H27FN4O6S. The van der Waals surface area contributed by atoms with Gasteiger partial charge >= 0.3 is 5.69 Å². The van der Waals surface area contributed by atoms with E-state index in [1.54, 1.807) is 31.3 Å². The van der Waals surface area contributed by atoms with Gasteiger partial charge in [-0.3, -0.25) is 15.0 Å². The number of benzene rings is 1. The first-order valence-electron chi connectivity index (χ1n) is 10.7. The van der Waals surface area contributed by atoms with Gasteiger partial charge in [-0.05, 0) is 26.0 Å². The fourth-order valence-corrected chi connectivity index (χ4v) is 4.77. The van der Waals surface area contributed by atoms with Gasteiger partial charge in [0.2, 0.25) is 5.82 Å². The summed E-state index contributed by atoms with van der Waals surface area (Å²) in [6, 6.07) is 4.37. The molecule has 0 aliphatic carbocycles. The highest BCUT2D eigenvalue weighted by Gasteiger charge is 2.33. The van der Waals surface area contributed by atoms with Crippen molar-refractivity contribution in [3.8, 4) is 11.1 Å². The van der Waals surface area contributed by atoms with Crippen LogP contribution in [-0.2, 0) is 19.4 Å². The lowest BCUT2D eigenvalue weighted by Gasteiger charge is -2.35. The average Bonchev–Trinajstić information content (AvgIpc) is 2.78. The number of nitro groups is 1. The van der Waals surface area contributed by atoms with Crippen molar-refractivity contribution in [2.45, 2.75) is 25.9 Å². The number of aromatic nitrogens is 1. The molecule has 10 nitrogen and oxygen atoms in total. The lowest BCUT2D eigenvalue weighted by Crippen LogP contribution is -2.48. The van der Waals surface area contributed by atoms with Crippen LogP contribution in [0.15, 0.2) is 54.6 Å². The van der Waals surface area contributed by atoms with Gasteiger partial charge in [0.25, 0.3) is 0 Å². The first kappa shape index (κ1) is 26.1. The monoisotopic (exact) mass is 506 g/mol. The minimum Gasteiger partial charge on any atom is -0.495 e. The number of halogens is 1. The third-order valence-electron chi connectivity index (χ3n) is 5.39. The van der Waals surface area contributed by atoms with Crippen molar-refractivity contribution in [2.75, 3.05) is 31.0 Å². The van der Waals surface area contributed by atoms with E-state index in [1.807, 2.05) is 0 Å². The quantitative estimate of drug-likeness (QED) is 0.380. The van der Waals surface area contributed by atoms with E-state index in [2.05, 4.69) is 10.3 Å². The molecule has 12 heteroatoms. The highest BCUT2D eigenvalue weighted by molar-refractivity contribution is 7.90. The minimum absolute atomic E-state index is 0.132. The molecule has 3 rings (SSSR count). The average molecular weight is 507 g/mol. The highest BCUT2D eigenvalue weighted by Crippen LogP contribution is 2.36. The Kier molecular flexibility index (Phi) is 8.07. The van der Waals surface area contributed by atoms with Crippen molar-refractivity contribution in [1.29, 1.82) is 0 Å². The molecule has 2 aromatic rings. The van der Waals surface area contributed by atoms with Crippen LogP contribution in [0.25, 0.3) is 11.1 Å². The van der Waals surface area contributed by atoms with Gasteiger partial charge in [-0.1, -0.05) is 24.3 Å². The first-order chi connectivity index (χ1) is 16.6. The number of sulfone groups is 1. The van der Waals surface area contributed by atoms with Gasteiger partial charge in [0.05, 0.1) is 42.7 Å². The van der Waals surface area contributed by atoms with Crippen LogP contribution in [0.2, 0.25) is 0 Å². The summed E-state index contributed by atoms with van der Waals surface area (Å²) in [7, 11) is -2.04. The second-order valence-corrected chi connectivity index (χ2v) is 10.1. The van der Waals surface area contributed by atoms with Gasteiger partial charge in [0, 0.05) is 29.1 Å². The van der Waals surface area contributed by atoms with Gasteiger partial charge in [-0.25, -0.2) is 22.9 Å². The number of nitrogens with zero attached hydrogens (tertiary/aromatic N) is 3. The number of nitrogens with one attached hydrogen (secondary N) is 1. The lowest BCUT2D eigenvalue weighted by molar-refractivity contribution is -0.384. The standard InChI is InChI=1S/C23H27FN4O6S/c1-5-34-27-13-16(33-3)10-11-21(27)20(14-35(4,31)32)26-23-22(28(29)30)15(2)18(12-25-23)17-8-6-7-9-19(17)24/h6-13,20-21H,5,14H2,1-4H3,(H,25,26)/t20-,21?/m1/s1. The van der Waals surface area contributed by atoms with Crippen molar-refractivity contribution in [1.82, 2.24) is 10.0 Å². The van der Waals surface area contributed by atoms with Crippen molar-refractivity contribution in [3.05, 3.63) is 76.1 Å². The summed E-state index contributed by atoms with van der Waals surface area (Å²) in [5.74, 6) is -0.549. The van der Waals surface area contributed by atoms with E-state index in [4.69, 9.17) is 9.57 Å². The van der Waals surface area contributed by atoms with E-state index in [1.165, 1.54) is 43.5 Å². The van der Waals surface area contributed by atoms with Crippen LogP contribution < -0.4 is 5.32 Å². The molecule has 1 aliphatic heterocycles. The van der Waals surface area contributed by atoms with Crippen molar-refractivity contribution >= 4 is 21.3 Å². The Bertz CT molecular complexity index is 1260. The summed E-state index contributed by atoms with van der Waals surface area (Å²) in [5, 5.41) is 16.4. The summed E-state index contributed by atoms with van der Waals surface area (Å²) in [6.07, 6.45) is 7.32. The summed E-state index contributed by atoms with van der Waals surface area (Å²) < 4.78 is 44.1. The molecule has 1 aromatic carbocycles. The number of ether oxygens (including phenoxy) is 1. The van der Waals surface area contributed by atoms with Crippen molar-refractivity contribution < 1.29 is 27.3 Å². The van der Waals surface area contributed by atoms with E-state index >= 15 is 0 Å². The number of hydrogen-bond acceptors (Lipinski definition) is 9. The van der Waals surface area contributed by atoms with Crippen LogP contribution in [0.4, 0.5) is 15.9 Å². The fourth-order valence-electron chi connectivity index (χ4n) is 3.84. The van der Waals surface area contributed by atoms with Crippen molar-refractivity contribution in [3.63, 3.8) is 0 Å². The summed E-state index contributed by atoms with van der Waals surface area (Å²) >= 11 is 0. The second-order valence-electron chi connectivity index (χ2n) is 7.94. The largest absolute Gasteiger partial charge is 0.495 e. The molecule has 35 heavy (non-hydrogen) atoms. The van der Waals surface area contributed by atoms with Gasteiger partial charge in [0.1, 0.15) is 21.4 Å². The Labute approximate surface area is 203 Å². The topological polar surface area (TPSA) is 124 Å². The zero-order valence-corrected chi connectivity index (χ0v) is 20.6. The molecular weight excluding hydrogens is 479 g/mol. The Morgan fingerprint density at radius 1 is 1.31 bits per heavy atom. The molecule has 0 saturated heterocycles. The molecule has 2 heterocycles. The molecule has 1 aromatic heterocycles. The first-order valence-corrected chi connectivity index (χ1v) is 12.8. The van der Waals surface area contributed by atoms with E-state index in [9.17, 15) is 22.9 Å². The Morgan fingerprint density at radius 3 is 2.63 bits per heavy atom. The number of allylic oxidation sites excluding steroid dienone is 1. The van der Waals surface area contributed by atoms with Crippen LogP contribution in [0, 0.1) is 22.9 Å². The summed E-state index contributed by atoms with van der Waals surface area (Å²) in [4.78, 5) is 21.3. The number of anilines is 1. The maximum Gasteiger partial charge on any atom is 0.314 e. The molecule has 1 aliphatic rings. The summed E-state index contributed by atoms with van der Waals surface area (Å²) in [5.41, 5.74) is 0.259. The molecule has 0 amide bonds. The molecule has 1 N–H and O–H groups in total. The molecule has 2 atom stereocenters. The number of hydrogen-bond donors (Lipinski definition) is 1. The molecule has 0 bridgehead atoms. The third-order valence-corrected chi connectivity index (χ3v) is 6.35. The van der Waals surface area contributed by atoms with Crippen LogP contribution in [0.5, 0.6) is 0 Å². The van der Waals surface area contributed by atoms with Gasteiger partial charge in [-0.15, -0.1) is 0 Å². The number of methoxy groups -OCH3 is 1. The van der Waals surface area contributed by atoms with Crippen LogP contribution >= 0.6 is 0 Å². The van der Waals surface area contributed by atoms with Gasteiger partial charge in [0.15, 0.2) is 0 Å². The second kappa shape index (κ2) is 10.8. The molecule has 0 radical (unpaired) electrons. The minimum atomic E-state index is -3.53. The Hall–Kier alpha value is -3.51. The van der Waals surface area contributed by atoms with Crippen LogP contribution in [-0.4, -0.2) is 61.2 Å². The fraction of sp³-hybridized carbons (Fsp3) is 0.348. The maximum absolute atomic E-state index is 14.4. The zero-order valence-electron chi connectivity index (χ0n) is 19.8. The molecule has 0 spiro atoms. The highest BCUT2D eigenvalue weighted by atomic mass is 32.2. The number of rotatable bonds is 10. The van der Waals surface area contributed by atoms with Gasteiger partial charge in [-0.2, -0.15) is 0 Å². The summed E-state index contributed by atoms with van der Waals surface area (Å²) in [6.45, 7) is 3.56. The third kappa shape index (κ3) is 6.14. The van der Waals surface area contributed by atoms with Crippen LogP contribution in [0.1, 0.15) is 12.5 Å². The molecule has 0 fully saturated rings. The molecule has 188 valence electrons. The van der Waals surface area contributed by atoms with Gasteiger partial charge < -0.3 is 10.1 Å².